The maximum atomic E-state index is 11.2. The van der Waals surface area contributed by atoms with E-state index in [1.807, 2.05) is 6.92 Å². The van der Waals surface area contributed by atoms with Gasteiger partial charge in [0.1, 0.15) is 0 Å². The molecule has 86 valence electrons. The summed E-state index contributed by atoms with van der Waals surface area (Å²) >= 11 is 0. The summed E-state index contributed by atoms with van der Waals surface area (Å²) in [5, 5.41) is 0. The first-order valence-electron chi connectivity index (χ1n) is 5.02. The van der Waals surface area contributed by atoms with Crippen LogP contribution in [0.25, 0.3) is 0 Å². The van der Waals surface area contributed by atoms with Gasteiger partial charge in [0.05, 0.1) is 6.61 Å². The summed E-state index contributed by atoms with van der Waals surface area (Å²) in [6.07, 6.45) is 0.895. The van der Waals surface area contributed by atoms with Gasteiger partial charge in [0.15, 0.2) is 6.10 Å². The van der Waals surface area contributed by atoms with Gasteiger partial charge in [0.2, 0.25) is 0 Å². The first-order chi connectivity index (χ1) is 6.99. The average molecular weight is 214 g/mol. The lowest BCUT2D eigenvalue weighted by Crippen LogP contribution is -2.26. The minimum absolute atomic E-state index is 0.267. The predicted molar refractivity (Wildman–Crippen MR) is 56.2 cm³/mol. The van der Waals surface area contributed by atoms with Crippen molar-refractivity contribution in [1.82, 2.24) is 0 Å². The molecule has 0 aliphatic heterocycles. The monoisotopic (exact) mass is 214 g/mol. The molecule has 0 aromatic heterocycles. The number of esters is 2. The molecule has 0 saturated heterocycles. The van der Waals surface area contributed by atoms with Crippen molar-refractivity contribution >= 4 is 11.9 Å². The van der Waals surface area contributed by atoms with Crippen LogP contribution in [0.5, 0.6) is 0 Å². The third-order valence-electron chi connectivity index (χ3n) is 1.71. The SMILES string of the molecule is C=C(C)C(=O)OC(C)C(=O)OCCCC. The highest BCUT2D eigenvalue weighted by Crippen LogP contribution is 2.01. The fraction of sp³-hybridized carbons (Fsp3) is 0.636. The summed E-state index contributed by atoms with van der Waals surface area (Å²) < 4.78 is 9.67. The zero-order valence-corrected chi connectivity index (χ0v) is 9.54. The summed E-state index contributed by atoms with van der Waals surface area (Å²) in [6.45, 7) is 8.79. The van der Waals surface area contributed by atoms with Crippen LogP contribution >= 0.6 is 0 Å². The minimum Gasteiger partial charge on any atom is -0.463 e. The van der Waals surface area contributed by atoms with Gasteiger partial charge in [-0.15, -0.1) is 0 Å². The maximum absolute atomic E-state index is 11.2. The van der Waals surface area contributed by atoms with Crippen LogP contribution in [0.3, 0.4) is 0 Å². The van der Waals surface area contributed by atoms with Crippen LogP contribution in [0.15, 0.2) is 12.2 Å². The molecule has 1 unspecified atom stereocenters. The summed E-state index contributed by atoms with van der Waals surface area (Å²) in [5.74, 6) is -1.09. The van der Waals surface area contributed by atoms with Crippen LogP contribution in [0.2, 0.25) is 0 Å². The van der Waals surface area contributed by atoms with Crippen LogP contribution in [0.4, 0.5) is 0 Å². The maximum Gasteiger partial charge on any atom is 0.347 e. The zero-order valence-electron chi connectivity index (χ0n) is 9.54. The quantitative estimate of drug-likeness (QED) is 0.384. The van der Waals surface area contributed by atoms with Gasteiger partial charge >= 0.3 is 11.9 Å². The van der Waals surface area contributed by atoms with Gasteiger partial charge in [0, 0.05) is 5.57 Å². The molecule has 0 heterocycles. The molecule has 0 amide bonds. The number of hydrogen-bond acceptors (Lipinski definition) is 4. The smallest absolute Gasteiger partial charge is 0.347 e. The van der Waals surface area contributed by atoms with E-state index in [1.165, 1.54) is 13.8 Å². The van der Waals surface area contributed by atoms with E-state index >= 15 is 0 Å². The third kappa shape index (κ3) is 5.88. The Bertz CT molecular complexity index is 245. The molecule has 0 radical (unpaired) electrons. The van der Waals surface area contributed by atoms with Crippen molar-refractivity contribution in [3.63, 3.8) is 0 Å². The molecule has 0 aromatic carbocycles. The van der Waals surface area contributed by atoms with E-state index in [9.17, 15) is 9.59 Å². The van der Waals surface area contributed by atoms with Crippen LogP contribution in [0.1, 0.15) is 33.6 Å². The summed E-state index contributed by atoms with van der Waals surface area (Å²) in [7, 11) is 0. The van der Waals surface area contributed by atoms with Crippen molar-refractivity contribution in [2.24, 2.45) is 0 Å². The van der Waals surface area contributed by atoms with E-state index in [-0.39, 0.29) is 5.57 Å². The molecular formula is C11H18O4. The molecule has 0 aliphatic carbocycles. The van der Waals surface area contributed by atoms with E-state index in [1.54, 1.807) is 0 Å². The molecule has 4 heteroatoms. The predicted octanol–water partition coefficient (Wildman–Crippen LogP) is 1.84. The van der Waals surface area contributed by atoms with Crippen LogP contribution in [0, 0.1) is 0 Å². The van der Waals surface area contributed by atoms with E-state index in [0.29, 0.717) is 6.61 Å². The third-order valence-corrected chi connectivity index (χ3v) is 1.71. The van der Waals surface area contributed by atoms with E-state index in [4.69, 9.17) is 9.47 Å². The fourth-order valence-electron chi connectivity index (χ4n) is 0.744. The molecule has 0 fully saturated rings. The number of ether oxygens (including phenoxy) is 2. The molecule has 0 aliphatic rings. The first-order valence-corrected chi connectivity index (χ1v) is 5.02. The Morgan fingerprint density at radius 2 is 2.00 bits per heavy atom. The highest BCUT2D eigenvalue weighted by molar-refractivity contribution is 5.89. The molecule has 0 saturated carbocycles. The van der Waals surface area contributed by atoms with E-state index in [0.717, 1.165) is 12.8 Å². The number of rotatable bonds is 6. The normalized spacial score (nSPS) is 11.7. The van der Waals surface area contributed by atoms with Gasteiger partial charge in [0.25, 0.3) is 0 Å². The summed E-state index contributed by atoms with van der Waals surface area (Å²) in [6, 6.07) is 0. The Morgan fingerprint density at radius 3 is 2.47 bits per heavy atom. The van der Waals surface area contributed by atoms with Gasteiger partial charge in [-0.2, -0.15) is 0 Å². The molecule has 0 aromatic rings. The van der Waals surface area contributed by atoms with Crippen molar-refractivity contribution in [1.29, 1.82) is 0 Å². The van der Waals surface area contributed by atoms with E-state index < -0.39 is 18.0 Å². The average Bonchev–Trinajstić information content (AvgIpc) is 2.17. The Morgan fingerprint density at radius 1 is 1.40 bits per heavy atom. The second-order valence-corrected chi connectivity index (χ2v) is 3.35. The Labute approximate surface area is 90.2 Å². The molecule has 0 rings (SSSR count). The van der Waals surface area contributed by atoms with Crippen LogP contribution < -0.4 is 0 Å². The molecule has 1 atom stereocenters. The molecule has 15 heavy (non-hydrogen) atoms. The number of carbonyl (C=O) groups is 2. The molecule has 0 N–H and O–H groups in total. The van der Waals surface area contributed by atoms with Crippen molar-refractivity contribution in [2.75, 3.05) is 6.61 Å². The number of unbranched alkanes of at least 4 members (excludes halogenated alkanes) is 1. The highest BCUT2D eigenvalue weighted by Gasteiger charge is 2.19. The first kappa shape index (κ1) is 13.7. The van der Waals surface area contributed by atoms with Crippen molar-refractivity contribution in [3.05, 3.63) is 12.2 Å². The second kappa shape index (κ2) is 7.04. The topological polar surface area (TPSA) is 52.6 Å². The number of hydrogen-bond donors (Lipinski definition) is 0. The van der Waals surface area contributed by atoms with Crippen molar-refractivity contribution < 1.29 is 19.1 Å². The van der Waals surface area contributed by atoms with E-state index in [2.05, 4.69) is 6.58 Å². The Kier molecular flexibility index (Phi) is 6.42. The summed E-state index contributed by atoms with van der Waals surface area (Å²) in [4.78, 5) is 22.3. The van der Waals surface area contributed by atoms with Gasteiger partial charge in [-0.3, -0.25) is 0 Å². The Balaban J connectivity index is 3.88. The number of carbonyl (C=O) groups excluding carboxylic acids is 2. The minimum atomic E-state index is -0.869. The summed E-state index contributed by atoms with van der Waals surface area (Å²) in [5.41, 5.74) is 0.267. The van der Waals surface area contributed by atoms with Crippen molar-refractivity contribution in [2.45, 2.75) is 39.7 Å². The van der Waals surface area contributed by atoms with Gasteiger partial charge in [-0.1, -0.05) is 19.9 Å². The fourth-order valence-corrected chi connectivity index (χ4v) is 0.744. The lowest BCUT2D eigenvalue weighted by atomic mass is 10.3. The van der Waals surface area contributed by atoms with Gasteiger partial charge < -0.3 is 9.47 Å². The molecule has 0 bridgehead atoms. The molecule has 0 spiro atoms. The molecular weight excluding hydrogens is 196 g/mol. The lowest BCUT2D eigenvalue weighted by molar-refractivity contribution is -0.164. The van der Waals surface area contributed by atoms with Crippen LogP contribution in [-0.4, -0.2) is 24.6 Å². The van der Waals surface area contributed by atoms with Gasteiger partial charge in [-0.05, 0) is 20.3 Å². The largest absolute Gasteiger partial charge is 0.463 e. The van der Waals surface area contributed by atoms with Crippen molar-refractivity contribution in [3.8, 4) is 0 Å². The Hall–Kier alpha value is -1.32. The standard InChI is InChI=1S/C11H18O4/c1-5-6-7-14-11(13)9(4)15-10(12)8(2)3/h9H,2,5-7H2,1,3-4H3. The second-order valence-electron chi connectivity index (χ2n) is 3.35. The lowest BCUT2D eigenvalue weighted by Gasteiger charge is -2.12. The highest BCUT2D eigenvalue weighted by atomic mass is 16.6. The zero-order chi connectivity index (χ0) is 11.8. The molecule has 4 nitrogen and oxygen atoms in total. The van der Waals surface area contributed by atoms with Gasteiger partial charge in [-0.25, -0.2) is 9.59 Å². The van der Waals surface area contributed by atoms with Crippen LogP contribution in [-0.2, 0) is 19.1 Å².